The van der Waals surface area contributed by atoms with Gasteiger partial charge in [0.1, 0.15) is 5.82 Å². The van der Waals surface area contributed by atoms with Crippen LogP contribution in [0.15, 0.2) is 18.5 Å². The fourth-order valence-corrected chi connectivity index (χ4v) is 2.38. The first kappa shape index (κ1) is 11.5. The summed E-state index contributed by atoms with van der Waals surface area (Å²) in [5, 5.41) is 12.8. The molecule has 88 valence electrons. The molecule has 0 aromatic carbocycles. The van der Waals surface area contributed by atoms with Crippen LogP contribution in [0.4, 0.5) is 0 Å². The van der Waals surface area contributed by atoms with E-state index in [2.05, 4.69) is 15.3 Å². The minimum atomic E-state index is 0.106. The van der Waals surface area contributed by atoms with Gasteiger partial charge in [0.2, 0.25) is 0 Å². The summed E-state index contributed by atoms with van der Waals surface area (Å²) < 4.78 is 0. The Morgan fingerprint density at radius 3 is 2.56 bits per heavy atom. The molecule has 1 aliphatic carbocycles. The highest BCUT2D eigenvalue weighted by Gasteiger charge is 2.32. The quantitative estimate of drug-likeness (QED) is 0.782. The highest BCUT2D eigenvalue weighted by molar-refractivity contribution is 4.90. The Labute approximate surface area is 96.1 Å². The molecule has 0 spiro atoms. The monoisotopic (exact) mass is 221 g/mol. The van der Waals surface area contributed by atoms with Gasteiger partial charge < -0.3 is 10.4 Å². The van der Waals surface area contributed by atoms with E-state index in [0.29, 0.717) is 6.54 Å². The average molecular weight is 221 g/mol. The highest BCUT2D eigenvalue weighted by atomic mass is 16.3. The van der Waals surface area contributed by atoms with Crippen LogP contribution in [0.25, 0.3) is 0 Å². The molecule has 2 rings (SSSR count). The third-order valence-corrected chi connectivity index (χ3v) is 3.40. The second kappa shape index (κ2) is 5.37. The van der Waals surface area contributed by atoms with Crippen LogP contribution in [0.1, 0.15) is 31.5 Å². The van der Waals surface area contributed by atoms with E-state index in [-0.39, 0.29) is 12.0 Å². The lowest BCUT2D eigenvalue weighted by molar-refractivity contribution is 0.128. The van der Waals surface area contributed by atoms with E-state index < -0.39 is 0 Å². The van der Waals surface area contributed by atoms with E-state index in [0.717, 1.165) is 25.2 Å². The molecule has 4 heteroatoms. The van der Waals surface area contributed by atoms with Crippen LogP contribution >= 0.6 is 0 Å². The topological polar surface area (TPSA) is 58.0 Å². The summed E-state index contributed by atoms with van der Waals surface area (Å²) in [5.74, 6) is 0.814. The summed E-state index contributed by atoms with van der Waals surface area (Å²) in [6, 6.07) is 1.82. The standard InChI is InChI=1S/C12H19N3O/c16-10-12(4-1-2-5-12)9-13-8-11-14-6-3-7-15-11/h3,6-7,13,16H,1-2,4-5,8-10H2. The lowest BCUT2D eigenvalue weighted by Gasteiger charge is -2.26. The van der Waals surface area contributed by atoms with Crippen LogP contribution in [0, 0.1) is 5.41 Å². The molecular formula is C12H19N3O. The van der Waals surface area contributed by atoms with Crippen LogP contribution in [0.5, 0.6) is 0 Å². The lowest BCUT2D eigenvalue weighted by atomic mass is 9.87. The summed E-state index contributed by atoms with van der Waals surface area (Å²) in [7, 11) is 0. The van der Waals surface area contributed by atoms with Crippen molar-refractivity contribution in [1.29, 1.82) is 0 Å². The smallest absolute Gasteiger partial charge is 0.141 e. The predicted octanol–water partition coefficient (Wildman–Crippen LogP) is 1.12. The van der Waals surface area contributed by atoms with Crippen molar-refractivity contribution in [2.24, 2.45) is 5.41 Å². The lowest BCUT2D eigenvalue weighted by Crippen LogP contribution is -2.35. The van der Waals surface area contributed by atoms with Crippen LogP contribution in [-0.4, -0.2) is 28.2 Å². The predicted molar refractivity (Wildman–Crippen MR) is 61.7 cm³/mol. The highest BCUT2D eigenvalue weighted by Crippen LogP contribution is 2.36. The average Bonchev–Trinajstić information content (AvgIpc) is 2.80. The van der Waals surface area contributed by atoms with Gasteiger partial charge in [-0.15, -0.1) is 0 Å². The third kappa shape index (κ3) is 2.77. The Morgan fingerprint density at radius 1 is 1.25 bits per heavy atom. The molecule has 16 heavy (non-hydrogen) atoms. The second-order valence-corrected chi connectivity index (χ2v) is 4.63. The number of rotatable bonds is 5. The van der Waals surface area contributed by atoms with Crippen LogP contribution in [0.2, 0.25) is 0 Å². The largest absolute Gasteiger partial charge is 0.396 e. The number of nitrogens with one attached hydrogen (secondary N) is 1. The van der Waals surface area contributed by atoms with Crippen molar-refractivity contribution in [3.63, 3.8) is 0 Å². The minimum Gasteiger partial charge on any atom is -0.396 e. The van der Waals surface area contributed by atoms with Crippen molar-refractivity contribution in [3.8, 4) is 0 Å². The van der Waals surface area contributed by atoms with Gasteiger partial charge in [0.25, 0.3) is 0 Å². The molecule has 0 unspecified atom stereocenters. The molecule has 1 aliphatic rings. The summed E-state index contributed by atoms with van der Waals surface area (Å²) in [4.78, 5) is 8.31. The zero-order valence-corrected chi connectivity index (χ0v) is 9.52. The molecule has 1 heterocycles. The third-order valence-electron chi connectivity index (χ3n) is 3.40. The Hall–Kier alpha value is -1.00. The zero-order valence-electron chi connectivity index (χ0n) is 9.52. The Morgan fingerprint density at radius 2 is 1.94 bits per heavy atom. The van der Waals surface area contributed by atoms with Crippen molar-refractivity contribution >= 4 is 0 Å². The summed E-state index contributed by atoms with van der Waals surface area (Å²) in [5.41, 5.74) is 0.106. The zero-order chi connectivity index (χ0) is 11.3. The maximum Gasteiger partial charge on any atom is 0.141 e. The van der Waals surface area contributed by atoms with E-state index in [1.807, 2.05) is 6.07 Å². The summed E-state index contributed by atoms with van der Waals surface area (Å²) in [6.07, 6.45) is 8.25. The van der Waals surface area contributed by atoms with Gasteiger partial charge in [0.15, 0.2) is 0 Å². The molecule has 0 saturated heterocycles. The minimum absolute atomic E-state index is 0.106. The van der Waals surface area contributed by atoms with E-state index in [1.54, 1.807) is 12.4 Å². The van der Waals surface area contributed by atoms with Crippen LogP contribution in [-0.2, 0) is 6.54 Å². The van der Waals surface area contributed by atoms with Gasteiger partial charge in [-0.1, -0.05) is 12.8 Å². The van der Waals surface area contributed by atoms with Gasteiger partial charge in [0.05, 0.1) is 6.54 Å². The van der Waals surface area contributed by atoms with E-state index in [1.165, 1.54) is 12.8 Å². The molecule has 0 aliphatic heterocycles. The second-order valence-electron chi connectivity index (χ2n) is 4.63. The number of aliphatic hydroxyl groups is 1. The van der Waals surface area contributed by atoms with Crippen molar-refractivity contribution in [2.45, 2.75) is 32.2 Å². The number of hydrogen-bond donors (Lipinski definition) is 2. The molecule has 0 atom stereocenters. The first-order chi connectivity index (χ1) is 7.85. The molecular weight excluding hydrogens is 202 g/mol. The van der Waals surface area contributed by atoms with Crippen molar-refractivity contribution in [1.82, 2.24) is 15.3 Å². The Kier molecular flexibility index (Phi) is 3.85. The van der Waals surface area contributed by atoms with Crippen molar-refractivity contribution < 1.29 is 5.11 Å². The molecule has 0 bridgehead atoms. The first-order valence-electron chi connectivity index (χ1n) is 5.92. The van der Waals surface area contributed by atoms with Crippen LogP contribution < -0.4 is 5.32 Å². The normalized spacial score (nSPS) is 18.8. The van der Waals surface area contributed by atoms with Gasteiger partial charge >= 0.3 is 0 Å². The molecule has 0 amide bonds. The summed E-state index contributed by atoms with van der Waals surface area (Å²) in [6.45, 7) is 1.83. The van der Waals surface area contributed by atoms with Gasteiger partial charge in [0, 0.05) is 31.0 Å². The van der Waals surface area contributed by atoms with E-state index >= 15 is 0 Å². The van der Waals surface area contributed by atoms with Gasteiger partial charge in [-0.2, -0.15) is 0 Å². The fourth-order valence-electron chi connectivity index (χ4n) is 2.38. The maximum absolute atomic E-state index is 9.44. The number of aliphatic hydroxyl groups excluding tert-OH is 1. The summed E-state index contributed by atoms with van der Waals surface area (Å²) >= 11 is 0. The molecule has 0 radical (unpaired) electrons. The first-order valence-corrected chi connectivity index (χ1v) is 5.92. The molecule has 1 aromatic rings. The van der Waals surface area contributed by atoms with Gasteiger partial charge in [-0.3, -0.25) is 0 Å². The maximum atomic E-state index is 9.44. The molecule has 1 saturated carbocycles. The van der Waals surface area contributed by atoms with E-state index in [9.17, 15) is 5.11 Å². The SMILES string of the molecule is OCC1(CNCc2ncccn2)CCCC1. The number of aromatic nitrogens is 2. The van der Waals surface area contributed by atoms with E-state index in [4.69, 9.17) is 0 Å². The molecule has 1 fully saturated rings. The number of hydrogen-bond acceptors (Lipinski definition) is 4. The van der Waals surface area contributed by atoms with Crippen molar-refractivity contribution in [2.75, 3.05) is 13.2 Å². The van der Waals surface area contributed by atoms with Crippen molar-refractivity contribution in [3.05, 3.63) is 24.3 Å². The Bertz CT molecular complexity index is 309. The Balaban J connectivity index is 1.79. The number of nitrogens with zero attached hydrogens (tertiary/aromatic N) is 2. The molecule has 1 aromatic heterocycles. The van der Waals surface area contributed by atoms with Gasteiger partial charge in [-0.25, -0.2) is 9.97 Å². The molecule has 2 N–H and O–H groups in total. The fraction of sp³-hybridized carbons (Fsp3) is 0.667. The molecule has 4 nitrogen and oxygen atoms in total. The van der Waals surface area contributed by atoms with Crippen LogP contribution in [0.3, 0.4) is 0 Å². The van der Waals surface area contributed by atoms with Gasteiger partial charge in [-0.05, 0) is 18.9 Å².